The van der Waals surface area contributed by atoms with Crippen molar-refractivity contribution in [1.82, 2.24) is 9.97 Å². The van der Waals surface area contributed by atoms with Gasteiger partial charge in [0.25, 0.3) is 0 Å². The molecular formula is C32H40N4O8. The van der Waals surface area contributed by atoms with Crippen LogP contribution in [-0.2, 0) is 18.9 Å². The average molecular weight is 609 g/mol. The summed E-state index contributed by atoms with van der Waals surface area (Å²) in [4.78, 5) is 37.2. The summed E-state index contributed by atoms with van der Waals surface area (Å²) in [5.41, 5.74) is 2.97. The Hall–Kier alpha value is -4.36. The van der Waals surface area contributed by atoms with E-state index in [1.54, 1.807) is 77.0 Å². The Morgan fingerprint density at radius 2 is 1.07 bits per heavy atom. The van der Waals surface area contributed by atoms with Crippen LogP contribution in [0.25, 0.3) is 23.4 Å². The molecule has 0 fully saturated rings. The lowest BCUT2D eigenvalue weighted by Crippen LogP contribution is -2.34. The quantitative estimate of drug-likeness (QED) is 0.204. The number of carboxylic acid groups (broad SMARTS) is 2. The Morgan fingerprint density at radius 1 is 0.636 bits per heavy atom. The van der Waals surface area contributed by atoms with E-state index in [-0.39, 0.29) is 11.1 Å². The predicted molar refractivity (Wildman–Crippen MR) is 169 cm³/mol. The molecule has 1 heterocycles. The highest BCUT2D eigenvalue weighted by Gasteiger charge is 2.23. The first kappa shape index (κ1) is 34.1. The predicted octanol–water partition coefficient (Wildman–Crippen LogP) is 3.91. The molecular weight excluding hydrogens is 568 g/mol. The summed E-state index contributed by atoms with van der Waals surface area (Å²) in [6.07, 6.45) is 3.69. The summed E-state index contributed by atoms with van der Waals surface area (Å²) in [6.45, 7) is 3.76. The van der Waals surface area contributed by atoms with Gasteiger partial charge in [-0.05, 0) is 35.9 Å². The number of rotatable bonds is 19. The zero-order valence-corrected chi connectivity index (χ0v) is 25.6. The molecule has 12 heteroatoms. The topological polar surface area (TPSA) is 144 Å². The molecule has 0 unspecified atom stereocenters. The molecule has 0 atom stereocenters. The van der Waals surface area contributed by atoms with Crippen LogP contribution >= 0.6 is 0 Å². The highest BCUT2D eigenvalue weighted by molar-refractivity contribution is 5.89. The van der Waals surface area contributed by atoms with Crippen molar-refractivity contribution in [3.05, 3.63) is 70.9 Å². The molecule has 236 valence electrons. The summed E-state index contributed by atoms with van der Waals surface area (Å²) in [6, 6.07) is 13.1. The second kappa shape index (κ2) is 17.7. The molecule has 3 rings (SSSR count). The molecule has 0 radical (unpaired) electrons. The third-order valence-electron chi connectivity index (χ3n) is 6.74. The molecule has 0 saturated carbocycles. The first-order valence-electron chi connectivity index (χ1n) is 14.1. The van der Waals surface area contributed by atoms with E-state index in [1.165, 1.54) is 0 Å². The molecule has 0 aliphatic heterocycles. The van der Waals surface area contributed by atoms with Gasteiger partial charge in [0.05, 0.1) is 37.6 Å². The van der Waals surface area contributed by atoms with Crippen LogP contribution in [0.3, 0.4) is 0 Å². The Bertz CT molecular complexity index is 1360. The summed E-state index contributed by atoms with van der Waals surface area (Å²) < 4.78 is 21.5. The molecule has 3 aromatic rings. The van der Waals surface area contributed by atoms with Gasteiger partial charge in [-0.3, -0.25) is 0 Å². The number of hydrogen-bond donors (Lipinski definition) is 2. The van der Waals surface area contributed by atoms with Crippen LogP contribution in [0, 0.1) is 0 Å². The number of carboxylic acids is 2. The van der Waals surface area contributed by atoms with Gasteiger partial charge in [0.1, 0.15) is 11.4 Å². The molecule has 2 N–H and O–H groups in total. The van der Waals surface area contributed by atoms with Crippen molar-refractivity contribution in [1.29, 1.82) is 0 Å². The summed E-state index contributed by atoms with van der Waals surface area (Å²) in [5.74, 6) is -0.862. The van der Waals surface area contributed by atoms with Gasteiger partial charge in [-0.2, -0.15) is 0 Å². The van der Waals surface area contributed by atoms with Crippen molar-refractivity contribution in [2.45, 2.75) is 0 Å². The number of aromatic carboxylic acids is 2. The smallest absolute Gasteiger partial charge is 0.335 e. The van der Waals surface area contributed by atoms with Crippen LogP contribution < -0.4 is 9.80 Å². The van der Waals surface area contributed by atoms with Crippen LogP contribution in [0.4, 0.5) is 11.6 Å². The van der Waals surface area contributed by atoms with E-state index < -0.39 is 11.9 Å². The Morgan fingerprint density at radius 3 is 1.50 bits per heavy atom. The molecule has 0 bridgehead atoms. The second-order valence-corrected chi connectivity index (χ2v) is 9.69. The zero-order valence-electron chi connectivity index (χ0n) is 25.6. The minimum Gasteiger partial charge on any atom is -0.478 e. The second-order valence-electron chi connectivity index (χ2n) is 9.69. The largest absolute Gasteiger partial charge is 0.478 e. The fourth-order valence-electron chi connectivity index (χ4n) is 4.32. The number of ether oxygens (including phenoxy) is 4. The number of anilines is 2. The van der Waals surface area contributed by atoms with Gasteiger partial charge in [0.2, 0.25) is 0 Å². The summed E-state index contributed by atoms with van der Waals surface area (Å²) >= 11 is 0. The molecule has 0 saturated heterocycles. The first-order valence-corrected chi connectivity index (χ1v) is 14.1. The third-order valence-corrected chi connectivity index (χ3v) is 6.74. The lowest BCUT2D eigenvalue weighted by molar-refractivity contribution is 0.0686. The highest BCUT2D eigenvalue weighted by atomic mass is 16.5. The van der Waals surface area contributed by atoms with Crippen molar-refractivity contribution in [3.63, 3.8) is 0 Å². The minimum atomic E-state index is -1.02. The summed E-state index contributed by atoms with van der Waals surface area (Å²) in [7, 11) is 6.51. The summed E-state index contributed by atoms with van der Waals surface area (Å²) in [5, 5.41) is 18.7. The Labute approximate surface area is 257 Å². The normalized spacial score (nSPS) is 11.2. The van der Waals surface area contributed by atoms with Gasteiger partial charge in [0.15, 0.2) is 11.6 Å². The van der Waals surface area contributed by atoms with E-state index in [0.717, 1.165) is 5.56 Å². The zero-order chi connectivity index (χ0) is 31.9. The van der Waals surface area contributed by atoms with E-state index in [0.29, 0.717) is 81.2 Å². The van der Waals surface area contributed by atoms with E-state index in [1.807, 2.05) is 22.0 Å². The van der Waals surface area contributed by atoms with Gasteiger partial charge in [-0.1, -0.05) is 30.3 Å². The number of nitrogens with zero attached hydrogens (tertiary/aromatic N) is 4. The van der Waals surface area contributed by atoms with E-state index in [2.05, 4.69) is 0 Å². The van der Waals surface area contributed by atoms with E-state index >= 15 is 0 Å². The standard InChI is InChI=1S/C32H40N4O8/c1-41-19-15-35(16-20-42-2)29-27(14-7-23-5-8-25(9-6-23)31(37)38)33-30(36(17-21-43-3)18-22-44-4)28(34-29)24-10-12-26(13-11-24)32(39)40/h5-14H,15-22H2,1-4H3,(H,37,38)(H,39,40)/b14-7+. The molecule has 0 aliphatic rings. The molecule has 12 nitrogen and oxygen atoms in total. The maximum atomic E-state index is 11.6. The molecule has 2 aromatic carbocycles. The fraction of sp³-hybridized carbons (Fsp3) is 0.375. The number of benzene rings is 2. The maximum Gasteiger partial charge on any atom is 0.335 e. The van der Waals surface area contributed by atoms with Crippen molar-refractivity contribution < 1.29 is 38.7 Å². The van der Waals surface area contributed by atoms with Crippen LogP contribution in [-0.4, -0.2) is 113 Å². The van der Waals surface area contributed by atoms with Crippen molar-refractivity contribution in [2.75, 3.05) is 90.8 Å². The van der Waals surface area contributed by atoms with E-state index in [4.69, 9.17) is 28.9 Å². The number of aromatic nitrogens is 2. The van der Waals surface area contributed by atoms with Crippen LogP contribution in [0.5, 0.6) is 0 Å². The molecule has 0 spiro atoms. The van der Waals surface area contributed by atoms with Crippen molar-refractivity contribution in [3.8, 4) is 11.3 Å². The molecule has 1 aromatic heterocycles. The van der Waals surface area contributed by atoms with Crippen LogP contribution in [0.1, 0.15) is 32.0 Å². The third kappa shape index (κ3) is 9.58. The Balaban J connectivity index is 2.27. The first-order chi connectivity index (χ1) is 21.3. The average Bonchev–Trinajstić information content (AvgIpc) is 3.04. The lowest BCUT2D eigenvalue weighted by Gasteiger charge is -2.29. The lowest BCUT2D eigenvalue weighted by atomic mass is 10.1. The van der Waals surface area contributed by atoms with Gasteiger partial charge < -0.3 is 39.0 Å². The molecule has 0 amide bonds. The van der Waals surface area contributed by atoms with Gasteiger partial charge in [-0.25, -0.2) is 19.6 Å². The Kier molecular flexibility index (Phi) is 13.7. The monoisotopic (exact) mass is 608 g/mol. The fourth-order valence-corrected chi connectivity index (χ4v) is 4.32. The van der Waals surface area contributed by atoms with Crippen LogP contribution in [0.15, 0.2) is 48.5 Å². The number of hydrogen-bond acceptors (Lipinski definition) is 10. The SMILES string of the molecule is COCCN(CCOC)c1nc(-c2ccc(C(=O)O)cc2)c(N(CCOC)CCOC)nc1/C=C/c1ccc(C(=O)O)cc1. The van der Waals surface area contributed by atoms with Crippen LogP contribution in [0.2, 0.25) is 0 Å². The number of methoxy groups -OCH3 is 4. The minimum absolute atomic E-state index is 0.161. The van der Waals surface area contributed by atoms with Gasteiger partial charge >= 0.3 is 11.9 Å². The molecule has 0 aliphatic carbocycles. The maximum absolute atomic E-state index is 11.6. The van der Waals surface area contributed by atoms with Crippen molar-refractivity contribution >= 4 is 35.7 Å². The highest BCUT2D eigenvalue weighted by Crippen LogP contribution is 2.33. The molecule has 44 heavy (non-hydrogen) atoms. The van der Waals surface area contributed by atoms with Crippen molar-refractivity contribution in [2.24, 2.45) is 0 Å². The number of carbonyl (C=O) groups is 2. The van der Waals surface area contributed by atoms with E-state index in [9.17, 15) is 19.8 Å². The van der Waals surface area contributed by atoms with Gasteiger partial charge in [-0.15, -0.1) is 0 Å². The van der Waals surface area contributed by atoms with Gasteiger partial charge in [0, 0.05) is 60.2 Å².